The summed E-state index contributed by atoms with van der Waals surface area (Å²) in [7, 11) is 2.10. The second-order valence-electron chi connectivity index (χ2n) is 11.0. The quantitative estimate of drug-likeness (QED) is 0.275. The molecule has 0 bridgehead atoms. The van der Waals surface area contributed by atoms with Gasteiger partial charge in [-0.3, -0.25) is 0 Å². The van der Waals surface area contributed by atoms with E-state index in [4.69, 9.17) is 14.4 Å². The van der Waals surface area contributed by atoms with Crippen LogP contribution in [0, 0.1) is 6.92 Å². The van der Waals surface area contributed by atoms with Crippen LogP contribution >= 0.6 is 0 Å². The molecule has 2 aromatic carbocycles. The average Bonchev–Trinajstić information content (AvgIpc) is 3.13. The van der Waals surface area contributed by atoms with Gasteiger partial charge in [-0.25, -0.2) is 9.55 Å². The maximum Gasteiger partial charge on any atom is 0.334 e. The first-order valence-corrected chi connectivity index (χ1v) is 11.8. The molecule has 4 heteroatoms. The maximum absolute atomic E-state index is 6.45. The Hall–Kier alpha value is -3.27. The third kappa shape index (κ3) is 2.93. The van der Waals surface area contributed by atoms with Crippen LogP contribution in [0.5, 0.6) is 0 Å². The van der Waals surface area contributed by atoms with Gasteiger partial charge in [0.2, 0.25) is 5.71 Å². The predicted octanol–water partition coefficient (Wildman–Crippen LogP) is 6.68. The molecule has 0 atom stereocenters. The summed E-state index contributed by atoms with van der Waals surface area (Å²) in [4.78, 5) is 10.2. The summed E-state index contributed by atoms with van der Waals surface area (Å²) in [6.45, 7) is 11.5. The van der Waals surface area contributed by atoms with E-state index < -0.39 is 0 Å². The number of hydrogen-bond donors (Lipinski definition) is 0. The van der Waals surface area contributed by atoms with Crippen molar-refractivity contribution in [3.05, 3.63) is 65.5 Å². The van der Waals surface area contributed by atoms with Crippen molar-refractivity contribution < 1.29 is 8.98 Å². The zero-order valence-electron chi connectivity index (χ0n) is 20.3. The van der Waals surface area contributed by atoms with Crippen molar-refractivity contribution in [2.24, 2.45) is 7.05 Å². The molecular weight excluding hydrogens is 406 g/mol. The summed E-state index contributed by atoms with van der Waals surface area (Å²) in [5, 5.41) is 3.26. The average molecular weight is 437 g/mol. The van der Waals surface area contributed by atoms with Gasteiger partial charge in [0.05, 0.1) is 18.8 Å². The van der Waals surface area contributed by atoms with Crippen LogP contribution in [0.1, 0.15) is 57.4 Å². The van der Waals surface area contributed by atoms with Crippen molar-refractivity contribution in [1.29, 1.82) is 0 Å². The molecular formula is C29H30N3O+. The van der Waals surface area contributed by atoms with E-state index >= 15 is 0 Å². The van der Waals surface area contributed by atoms with E-state index in [-0.39, 0.29) is 10.8 Å². The lowest BCUT2D eigenvalue weighted by Crippen LogP contribution is -2.42. The summed E-state index contributed by atoms with van der Waals surface area (Å²) in [5.41, 5.74) is 7.43. The SMILES string of the molecule is Cc1ccc2c(oc3nc4ccccc4cc32)c1-c1nc2c(c[n+]1C)C(C)(C)CCC2(C)C. The van der Waals surface area contributed by atoms with Gasteiger partial charge in [-0.1, -0.05) is 58.0 Å². The molecule has 3 aromatic heterocycles. The lowest BCUT2D eigenvalue weighted by atomic mass is 9.65. The van der Waals surface area contributed by atoms with Crippen molar-refractivity contribution in [2.45, 2.75) is 58.3 Å². The Balaban J connectivity index is 1.68. The summed E-state index contributed by atoms with van der Waals surface area (Å²) >= 11 is 0. The predicted molar refractivity (Wildman–Crippen MR) is 133 cm³/mol. The zero-order valence-corrected chi connectivity index (χ0v) is 20.3. The molecule has 0 saturated heterocycles. The monoisotopic (exact) mass is 436 g/mol. The van der Waals surface area contributed by atoms with Gasteiger partial charge in [0, 0.05) is 27.1 Å². The highest BCUT2D eigenvalue weighted by Crippen LogP contribution is 2.45. The van der Waals surface area contributed by atoms with Crippen LogP contribution in [0.3, 0.4) is 0 Å². The van der Waals surface area contributed by atoms with Crippen molar-refractivity contribution in [3.63, 3.8) is 0 Å². The van der Waals surface area contributed by atoms with Gasteiger partial charge >= 0.3 is 5.82 Å². The largest absolute Gasteiger partial charge is 0.437 e. The molecule has 0 aliphatic heterocycles. The third-order valence-electron chi connectivity index (χ3n) is 7.64. The minimum absolute atomic E-state index is 0.0445. The number of nitrogens with zero attached hydrogens (tertiary/aromatic N) is 3. The standard InChI is InChI=1S/C29H30N3O/c1-17-11-12-19-20-15-18-9-7-8-10-22(18)30-27(20)33-24(19)23(17)26-31-25-21(16-32(26)6)28(2,3)13-14-29(25,4)5/h7-12,15-16H,13-14H2,1-6H3/q+1. The number of hydrogen-bond acceptors (Lipinski definition) is 3. The molecule has 0 radical (unpaired) electrons. The van der Waals surface area contributed by atoms with E-state index in [1.165, 1.54) is 17.7 Å². The number of pyridine rings is 1. The molecule has 5 aromatic rings. The fourth-order valence-corrected chi connectivity index (χ4v) is 5.43. The van der Waals surface area contributed by atoms with E-state index in [9.17, 15) is 0 Å². The Morgan fingerprint density at radius 3 is 2.48 bits per heavy atom. The second-order valence-corrected chi connectivity index (χ2v) is 11.0. The fraction of sp³-hybridized carbons (Fsp3) is 0.345. The molecule has 33 heavy (non-hydrogen) atoms. The first-order chi connectivity index (χ1) is 15.7. The summed E-state index contributed by atoms with van der Waals surface area (Å²) < 4.78 is 8.64. The Morgan fingerprint density at radius 1 is 0.909 bits per heavy atom. The topological polar surface area (TPSA) is 42.8 Å². The third-order valence-corrected chi connectivity index (χ3v) is 7.64. The van der Waals surface area contributed by atoms with Crippen molar-refractivity contribution in [2.75, 3.05) is 0 Å². The lowest BCUT2D eigenvalue weighted by molar-refractivity contribution is -0.663. The van der Waals surface area contributed by atoms with E-state index in [0.717, 1.165) is 50.6 Å². The van der Waals surface area contributed by atoms with Crippen LogP contribution < -0.4 is 4.57 Å². The number of benzene rings is 2. The van der Waals surface area contributed by atoms with Gasteiger partial charge in [-0.2, -0.15) is 0 Å². The zero-order chi connectivity index (χ0) is 23.1. The molecule has 4 nitrogen and oxygen atoms in total. The minimum atomic E-state index is 0.0445. The van der Waals surface area contributed by atoms with Gasteiger partial charge in [0.1, 0.15) is 5.56 Å². The fourth-order valence-electron chi connectivity index (χ4n) is 5.43. The first kappa shape index (κ1) is 20.3. The lowest BCUT2D eigenvalue weighted by Gasteiger charge is -2.37. The summed E-state index contributed by atoms with van der Waals surface area (Å²) in [6.07, 6.45) is 4.61. The molecule has 166 valence electrons. The number of aromatic nitrogens is 3. The van der Waals surface area contributed by atoms with Gasteiger partial charge in [-0.05, 0) is 47.9 Å². The Morgan fingerprint density at radius 2 is 1.67 bits per heavy atom. The Kier molecular flexibility index (Phi) is 4.09. The van der Waals surface area contributed by atoms with Crippen LogP contribution in [-0.4, -0.2) is 9.97 Å². The van der Waals surface area contributed by atoms with Crippen molar-refractivity contribution >= 4 is 33.0 Å². The van der Waals surface area contributed by atoms with Crippen LogP contribution in [0.15, 0.2) is 53.1 Å². The smallest absolute Gasteiger partial charge is 0.334 e. The number of aryl methyl sites for hydroxylation is 2. The molecule has 0 unspecified atom stereocenters. The van der Waals surface area contributed by atoms with Gasteiger partial charge < -0.3 is 4.42 Å². The first-order valence-electron chi connectivity index (χ1n) is 11.8. The number of furan rings is 1. The molecule has 0 fully saturated rings. The van der Waals surface area contributed by atoms with Crippen LogP contribution in [-0.2, 0) is 17.9 Å². The van der Waals surface area contributed by atoms with Crippen molar-refractivity contribution in [1.82, 2.24) is 9.97 Å². The normalized spacial score (nSPS) is 17.0. The number of fused-ring (bicyclic) bond motifs is 5. The molecule has 6 rings (SSSR count). The molecule has 0 amide bonds. The van der Waals surface area contributed by atoms with E-state index in [0.29, 0.717) is 5.71 Å². The summed E-state index contributed by atoms with van der Waals surface area (Å²) in [6, 6.07) is 14.7. The second kappa shape index (κ2) is 6.63. The van der Waals surface area contributed by atoms with Gasteiger partial charge in [0.25, 0.3) is 0 Å². The maximum atomic E-state index is 6.45. The van der Waals surface area contributed by atoms with Crippen molar-refractivity contribution in [3.8, 4) is 11.4 Å². The number of para-hydroxylation sites is 1. The van der Waals surface area contributed by atoms with Gasteiger partial charge in [-0.15, -0.1) is 0 Å². The molecule has 0 saturated carbocycles. The number of rotatable bonds is 1. The van der Waals surface area contributed by atoms with Crippen LogP contribution in [0.2, 0.25) is 0 Å². The minimum Gasteiger partial charge on any atom is -0.437 e. The van der Waals surface area contributed by atoms with E-state index in [1.54, 1.807) is 0 Å². The van der Waals surface area contributed by atoms with Crippen LogP contribution in [0.25, 0.3) is 44.4 Å². The Bertz CT molecular complexity index is 1590. The Labute approximate surface area is 194 Å². The van der Waals surface area contributed by atoms with Gasteiger partial charge in [0.15, 0.2) is 11.3 Å². The highest BCUT2D eigenvalue weighted by atomic mass is 16.3. The molecule has 1 aliphatic rings. The highest BCUT2D eigenvalue weighted by molar-refractivity contribution is 6.11. The van der Waals surface area contributed by atoms with E-state index in [1.807, 2.05) is 18.2 Å². The molecule has 1 aliphatic carbocycles. The molecule has 0 N–H and O–H groups in total. The highest BCUT2D eigenvalue weighted by Gasteiger charge is 2.43. The summed E-state index contributed by atoms with van der Waals surface area (Å²) in [5.74, 6) is 0.950. The van der Waals surface area contributed by atoms with Crippen LogP contribution in [0.4, 0.5) is 0 Å². The molecule has 0 spiro atoms. The molecule has 3 heterocycles. The van der Waals surface area contributed by atoms with E-state index in [2.05, 4.69) is 76.7 Å².